The minimum Gasteiger partial charge on any atom is -0.493 e. The molecule has 0 bridgehead atoms. The smallest absolute Gasteiger partial charge is 0.224 e. The molecule has 1 amide bonds. The highest BCUT2D eigenvalue weighted by atomic mass is 35.5. The van der Waals surface area contributed by atoms with Crippen LogP contribution in [0.4, 0.5) is 5.69 Å². The molecule has 1 aromatic rings. The number of ether oxygens (including phenoxy) is 2. The molecule has 6 heteroatoms. The van der Waals surface area contributed by atoms with E-state index < -0.39 is 0 Å². The number of amides is 1. The number of carbonyl (C=O) groups is 1. The summed E-state index contributed by atoms with van der Waals surface area (Å²) in [6.45, 7) is 1.79. The number of carbonyl (C=O) groups excluding carboxylic acids is 1. The Hall–Kier alpha value is -1.46. The molecule has 104 valence electrons. The van der Waals surface area contributed by atoms with Gasteiger partial charge in [0.1, 0.15) is 0 Å². The summed E-state index contributed by atoms with van der Waals surface area (Å²) in [4.78, 5) is 11.9. The fraction of sp³-hybridized carbons (Fsp3) is 0.462. The lowest BCUT2D eigenvalue weighted by Crippen LogP contribution is -2.43. The molecule has 1 aliphatic heterocycles. The van der Waals surface area contributed by atoms with Crippen molar-refractivity contribution in [2.45, 2.75) is 6.42 Å². The van der Waals surface area contributed by atoms with E-state index in [0.29, 0.717) is 34.5 Å². The summed E-state index contributed by atoms with van der Waals surface area (Å²) in [6, 6.07) is 3.29. The summed E-state index contributed by atoms with van der Waals surface area (Å²) in [7, 11) is 3.08. The Bertz CT molecular complexity index is 475. The van der Waals surface area contributed by atoms with Crippen molar-refractivity contribution in [2.24, 2.45) is 5.92 Å². The van der Waals surface area contributed by atoms with Gasteiger partial charge in [-0.25, -0.2) is 0 Å². The molecule has 0 atom stereocenters. The molecule has 1 saturated heterocycles. The Morgan fingerprint density at radius 1 is 1.37 bits per heavy atom. The van der Waals surface area contributed by atoms with Gasteiger partial charge in [0.25, 0.3) is 0 Å². The van der Waals surface area contributed by atoms with E-state index in [2.05, 4.69) is 10.6 Å². The van der Waals surface area contributed by atoms with Crippen LogP contribution in [0.2, 0.25) is 5.02 Å². The minimum atomic E-state index is -0.0411. The van der Waals surface area contributed by atoms with Crippen LogP contribution in [-0.4, -0.2) is 33.2 Å². The average molecular weight is 285 g/mol. The third kappa shape index (κ3) is 3.30. The molecule has 0 saturated carbocycles. The Kier molecular flexibility index (Phi) is 4.50. The van der Waals surface area contributed by atoms with Gasteiger partial charge in [0, 0.05) is 18.6 Å². The number of anilines is 1. The summed E-state index contributed by atoms with van der Waals surface area (Å²) >= 11 is 6.10. The highest BCUT2D eigenvalue weighted by molar-refractivity contribution is 6.34. The maximum Gasteiger partial charge on any atom is 0.224 e. The first-order chi connectivity index (χ1) is 9.13. The maximum atomic E-state index is 11.9. The SMILES string of the molecule is COc1cc(Cl)c(NC(=O)CC2CNC2)cc1OC. The van der Waals surface area contributed by atoms with Gasteiger partial charge in [-0.15, -0.1) is 0 Å². The van der Waals surface area contributed by atoms with Gasteiger partial charge in [-0.3, -0.25) is 4.79 Å². The van der Waals surface area contributed by atoms with E-state index in [0.717, 1.165) is 13.1 Å². The Labute approximate surface area is 117 Å². The second-order valence-electron chi connectivity index (χ2n) is 4.46. The molecule has 0 radical (unpaired) electrons. The second-order valence-corrected chi connectivity index (χ2v) is 4.87. The van der Waals surface area contributed by atoms with Crippen molar-refractivity contribution in [3.05, 3.63) is 17.2 Å². The van der Waals surface area contributed by atoms with Crippen LogP contribution in [0, 0.1) is 5.92 Å². The molecule has 1 heterocycles. The van der Waals surface area contributed by atoms with Gasteiger partial charge < -0.3 is 20.1 Å². The lowest BCUT2D eigenvalue weighted by Gasteiger charge is -2.26. The van der Waals surface area contributed by atoms with Gasteiger partial charge in [0.05, 0.1) is 24.9 Å². The third-order valence-corrected chi connectivity index (χ3v) is 3.40. The molecule has 0 aliphatic carbocycles. The molecular formula is C13H17ClN2O3. The van der Waals surface area contributed by atoms with Crippen LogP contribution in [-0.2, 0) is 4.79 Å². The average Bonchev–Trinajstić information content (AvgIpc) is 2.35. The van der Waals surface area contributed by atoms with Crippen molar-refractivity contribution in [1.82, 2.24) is 5.32 Å². The zero-order valence-corrected chi connectivity index (χ0v) is 11.7. The van der Waals surface area contributed by atoms with E-state index in [-0.39, 0.29) is 5.91 Å². The number of methoxy groups -OCH3 is 2. The van der Waals surface area contributed by atoms with Gasteiger partial charge >= 0.3 is 0 Å². The molecule has 2 rings (SSSR count). The van der Waals surface area contributed by atoms with E-state index in [9.17, 15) is 4.79 Å². The summed E-state index contributed by atoms with van der Waals surface area (Å²) in [6.07, 6.45) is 0.498. The van der Waals surface area contributed by atoms with E-state index in [4.69, 9.17) is 21.1 Å². The first-order valence-electron chi connectivity index (χ1n) is 6.06. The normalized spacial score (nSPS) is 14.7. The first-order valence-corrected chi connectivity index (χ1v) is 6.44. The summed E-state index contributed by atoms with van der Waals surface area (Å²) in [5.41, 5.74) is 0.539. The maximum absolute atomic E-state index is 11.9. The highest BCUT2D eigenvalue weighted by Crippen LogP contribution is 2.36. The number of nitrogens with one attached hydrogen (secondary N) is 2. The zero-order chi connectivity index (χ0) is 13.8. The van der Waals surface area contributed by atoms with Gasteiger partial charge in [0.15, 0.2) is 11.5 Å². The number of rotatable bonds is 5. The van der Waals surface area contributed by atoms with E-state index in [1.54, 1.807) is 12.1 Å². The van der Waals surface area contributed by atoms with Crippen molar-refractivity contribution in [2.75, 3.05) is 32.6 Å². The van der Waals surface area contributed by atoms with Crippen molar-refractivity contribution in [3.8, 4) is 11.5 Å². The zero-order valence-electron chi connectivity index (χ0n) is 11.0. The Balaban J connectivity index is 2.08. The van der Waals surface area contributed by atoms with Crippen molar-refractivity contribution in [1.29, 1.82) is 0 Å². The summed E-state index contributed by atoms with van der Waals surface area (Å²) in [5, 5.41) is 6.36. The van der Waals surface area contributed by atoms with Crippen LogP contribution in [0.5, 0.6) is 11.5 Å². The van der Waals surface area contributed by atoms with Crippen LogP contribution in [0.3, 0.4) is 0 Å². The number of hydrogen-bond donors (Lipinski definition) is 2. The molecule has 0 aromatic heterocycles. The monoisotopic (exact) mass is 284 g/mol. The van der Waals surface area contributed by atoms with Crippen LogP contribution in [0.25, 0.3) is 0 Å². The third-order valence-electron chi connectivity index (χ3n) is 3.09. The largest absolute Gasteiger partial charge is 0.493 e. The van der Waals surface area contributed by atoms with Crippen molar-refractivity contribution in [3.63, 3.8) is 0 Å². The molecule has 1 aromatic carbocycles. The molecule has 1 fully saturated rings. The van der Waals surface area contributed by atoms with Gasteiger partial charge in [-0.05, 0) is 19.0 Å². The highest BCUT2D eigenvalue weighted by Gasteiger charge is 2.21. The minimum absolute atomic E-state index is 0.0411. The van der Waals surface area contributed by atoms with Crippen LogP contribution in [0.1, 0.15) is 6.42 Å². The van der Waals surface area contributed by atoms with Crippen LogP contribution >= 0.6 is 11.6 Å². The van der Waals surface area contributed by atoms with E-state index >= 15 is 0 Å². The van der Waals surface area contributed by atoms with E-state index in [1.165, 1.54) is 14.2 Å². The predicted octanol–water partition coefficient (Wildman–Crippen LogP) is 1.91. The lowest BCUT2D eigenvalue weighted by molar-refractivity contribution is -0.117. The summed E-state index contributed by atoms with van der Waals surface area (Å²) in [5.74, 6) is 1.45. The second kappa shape index (κ2) is 6.12. The molecule has 1 aliphatic rings. The summed E-state index contributed by atoms with van der Waals surface area (Å²) < 4.78 is 10.3. The molecule has 0 unspecified atom stereocenters. The van der Waals surface area contributed by atoms with Crippen LogP contribution < -0.4 is 20.1 Å². The van der Waals surface area contributed by atoms with Gasteiger partial charge in [-0.1, -0.05) is 11.6 Å². The molecule has 5 nitrogen and oxygen atoms in total. The first kappa shape index (κ1) is 14.0. The predicted molar refractivity (Wildman–Crippen MR) is 74.2 cm³/mol. The number of halogens is 1. The topological polar surface area (TPSA) is 59.6 Å². The molecule has 19 heavy (non-hydrogen) atoms. The Morgan fingerprint density at radius 3 is 2.53 bits per heavy atom. The number of hydrogen-bond acceptors (Lipinski definition) is 4. The van der Waals surface area contributed by atoms with Crippen LogP contribution in [0.15, 0.2) is 12.1 Å². The number of benzene rings is 1. The van der Waals surface area contributed by atoms with Crippen molar-refractivity contribution >= 4 is 23.2 Å². The quantitative estimate of drug-likeness (QED) is 0.867. The van der Waals surface area contributed by atoms with Gasteiger partial charge in [0.2, 0.25) is 5.91 Å². The fourth-order valence-electron chi connectivity index (χ4n) is 1.91. The molecular weight excluding hydrogens is 268 g/mol. The lowest BCUT2D eigenvalue weighted by atomic mass is 9.99. The standard InChI is InChI=1S/C13H17ClN2O3/c1-18-11-4-9(14)10(5-12(11)19-2)16-13(17)3-8-6-15-7-8/h4-5,8,15H,3,6-7H2,1-2H3,(H,16,17). The van der Waals surface area contributed by atoms with Gasteiger partial charge in [-0.2, -0.15) is 0 Å². The fourth-order valence-corrected chi connectivity index (χ4v) is 2.11. The molecule has 2 N–H and O–H groups in total. The van der Waals surface area contributed by atoms with Crippen molar-refractivity contribution < 1.29 is 14.3 Å². The molecule has 0 spiro atoms. The Morgan fingerprint density at radius 2 is 2.00 bits per heavy atom. The van der Waals surface area contributed by atoms with E-state index in [1.807, 2.05) is 0 Å².